The SMILES string of the molecule is CC(=O)N(CC(F)(F)F)c1cnoc1C. The minimum Gasteiger partial charge on any atom is -0.359 e. The minimum atomic E-state index is -4.45. The van der Waals surface area contributed by atoms with E-state index in [1.165, 1.54) is 6.92 Å². The second kappa shape index (κ2) is 3.92. The van der Waals surface area contributed by atoms with Crippen molar-refractivity contribution >= 4 is 11.6 Å². The van der Waals surface area contributed by atoms with Gasteiger partial charge in [-0.1, -0.05) is 5.16 Å². The first-order chi connectivity index (χ1) is 6.81. The molecule has 1 aromatic heterocycles. The van der Waals surface area contributed by atoms with E-state index >= 15 is 0 Å². The quantitative estimate of drug-likeness (QED) is 0.767. The molecule has 0 fully saturated rings. The van der Waals surface area contributed by atoms with E-state index in [1.807, 2.05) is 0 Å². The maximum Gasteiger partial charge on any atom is 0.406 e. The van der Waals surface area contributed by atoms with Gasteiger partial charge in [0.25, 0.3) is 0 Å². The number of amides is 1. The third kappa shape index (κ3) is 2.97. The molecule has 4 nitrogen and oxygen atoms in total. The van der Waals surface area contributed by atoms with Gasteiger partial charge < -0.3 is 4.52 Å². The van der Waals surface area contributed by atoms with Gasteiger partial charge in [-0.3, -0.25) is 9.69 Å². The Morgan fingerprint density at radius 1 is 1.60 bits per heavy atom. The first kappa shape index (κ1) is 11.5. The number of halogens is 3. The van der Waals surface area contributed by atoms with Crippen molar-refractivity contribution < 1.29 is 22.5 Å². The summed E-state index contributed by atoms with van der Waals surface area (Å²) in [5, 5.41) is 3.32. The Kier molecular flexibility index (Phi) is 3.01. The van der Waals surface area contributed by atoms with Crippen LogP contribution in [-0.4, -0.2) is 23.8 Å². The van der Waals surface area contributed by atoms with E-state index in [2.05, 4.69) is 9.68 Å². The van der Waals surface area contributed by atoms with Gasteiger partial charge in [0.2, 0.25) is 5.91 Å². The monoisotopic (exact) mass is 222 g/mol. The molecule has 0 bridgehead atoms. The zero-order chi connectivity index (χ0) is 11.6. The molecular weight excluding hydrogens is 213 g/mol. The summed E-state index contributed by atoms with van der Waals surface area (Å²) in [6, 6.07) is 0. The minimum absolute atomic E-state index is 0.0415. The first-order valence-corrected chi connectivity index (χ1v) is 4.07. The molecule has 0 saturated carbocycles. The molecule has 0 aromatic carbocycles. The first-order valence-electron chi connectivity index (χ1n) is 4.07. The number of aryl methyl sites for hydroxylation is 1. The Balaban J connectivity index is 2.95. The van der Waals surface area contributed by atoms with Crippen molar-refractivity contribution in [2.24, 2.45) is 0 Å². The fourth-order valence-electron chi connectivity index (χ4n) is 1.10. The van der Waals surface area contributed by atoms with Crippen molar-refractivity contribution in [3.8, 4) is 0 Å². The van der Waals surface area contributed by atoms with Gasteiger partial charge in [-0.2, -0.15) is 13.2 Å². The Morgan fingerprint density at radius 2 is 2.20 bits per heavy atom. The van der Waals surface area contributed by atoms with Crippen LogP contribution in [0.5, 0.6) is 0 Å². The highest BCUT2D eigenvalue weighted by molar-refractivity contribution is 5.91. The second-order valence-electron chi connectivity index (χ2n) is 2.99. The number of hydrogen-bond acceptors (Lipinski definition) is 3. The van der Waals surface area contributed by atoms with Crippen molar-refractivity contribution in [2.75, 3.05) is 11.4 Å². The molecule has 15 heavy (non-hydrogen) atoms. The van der Waals surface area contributed by atoms with Crippen LogP contribution < -0.4 is 4.90 Å². The van der Waals surface area contributed by atoms with Crippen molar-refractivity contribution in [3.05, 3.63) is 12.0 Å². The number of alkyl halides is 3. The van der Waals surface area contributed by atoms with Crippen LogP contribution in [0, 0.1) is 6.92 Å². The Hall–Kier alpha value is -1.53. The molecule has 0 aliphatic rings. The molecule has 0 saturated heterocycles. The van der Waals surface area contributed by atoms with E-state index in [4.69, 9.17) is 0 Å². The topological polar surface area (TPSA) is 46.3 Å². The number of rotatable bonds is 2. The summed E-state index contributed by atoms with van der Waals surface area (Å²) in [5.41, 5.74) is 0.0415. The number of hydrogen-bond donors (Lipinski definition) is 0. The summed E-state index contributed by atoms with van der Waals surface area (Å²) in [7, 11) is 0. The van der Waals surface area contributed by atoms with Gasteiger partial charge in [0, 0.05) is 6.92 Å². The number of nitrogens with zero attached hydrogens (tertiary/aromatic N) is 2. The molecule has 0 atom stereocenters. The second-order valence-corrected chi connectivity index (χ2v) is 2.99. The molecule has 0 aliphatic heterocycles. The molecule has 84 valence electrons. The lowest BCUT2D eigenvalue weighted by Gasteiger charge is -2.20. The van der Waals surface area contributed by atoms with Crippen LogP contribution in [0.1, 0.15) is 12.7 Å². The summed E-state index contributed by atoms with van der Waals surface area (Å²) in [5.74, 6) is -0.534. The Morgan fingerprint density at radius 3 is 2.53 bits per heavy atom. The molecule has 0 N–H and O–H groups in total. The van der Waals surface area contributed by atoms with E-state index in [1.54, 1.807) is 0 Å². The van der Waals surface area contributed by atoms with Gasteiger partial charge >= 0.3 is 6.18 Å². The molecule has 0 aliphatic carbocycles. The summed E-state index contributed by atoms with van der Waals surface area (Å²) in [6.07, 6.45) is -3.36. The van der Waals surface area contributed by atoms with Gasteiger partial charge in [0.15, 0.2) is 5.76 Å². The lowest BCUT2D eigenvalue weighted by atomic mass is 10.3. The molecule has 1 heterocycles. The Bertz CT molecular complexity index is 359. The molecular formula is C8H9F3N2O2. The van der Waals surface area contributed by atoms with E-state index in [0.29, 0.717) is 4.90 Å². The van der Waals surface area contributed by atoms with Crippen molar-refractivity contribution in [1.29, 1.82) is 0 Å². The van der Waals surface area contributed by atoms with E-state index in [-0.39, 0.29) is 11.4 Å². The molecule has 1 amide bonds. The van der Waals surface area contributed by atoms with Gasteiger partial charge in [0.1, 0.15) is 12.2 Å². The fourth-order valence-corrected chi connectivity index (χ4v) is 1.10. The standard InChI is InChI=1S/C8H9F3N2O2/c1-5-7(3-12-15-5)13(6(2)14)4-8(9,10)11/h3H,4H2,1-2H3. The van der Waals surface area contributed by atoms with Crippen LogP contribution in [0.3, 0.4) is 0 Å². The van der Waals surface area contributed by atoms with Crippen molar-refractivity contribution in [1.82, 2.24) is 5.16 Å². The predicted octanol–water partition coefficient (Wildman–Crippen LogP) is 1.90. The van der Waals surface area contributed by atoms with Crippen molar-refractivity contribution in [2.45, 2.75) is 20.0 Å². The predicted molar refractivity (Wildman–Crippen MR) is 45.3 cm³/mol. The van der Waals surface area contributed by atoms with Crippen LogP contribution in [0.15, 0.2) is 10.7 Å². The van der Waals surface area contributed by atoms with Gasteiger partial charge in [0.05, 0.1) is 6.20 Å². The van der Waals surface area contributed by atoms with Gasteiger partial charge in [-0.15, -0.1) is 0 Å². The van der Waals surface area contributed by atoms with Crippen LogP contribution in [0.25, 0.3) is 0 Å². The molecule has 0 radical (unpaired) electrons. The number of carbonyl (C=O) groups excluding carboxylic acids is 1. The number of aromatic nitrogens is 1. The number of carbonyl (C=O) groups is 1. The van der Waals surface area contributed by atoms with Crippen LogP contribution in [0.2, 0.25) is 0 Å². The zero-order valence-electron chi connectivity index (χ0n) is 8.13. The molecule has 1 rings (SSSR count). The van der Waals surface area contributed by atoms with Crippen LogP contribution in [0.4, 0.5) is 18.9 Å². The average molecular weight is 222 g/mol. The van der Waals surface area contributed by atoms with Crippen molar-refractivity contribution in [3.63, 3.8) is 0 Å². The fraction of sp³-hybridized carbons (Fsp3) is 0.500. The van der Waals surface area contributed by atoms with E-state index < -0.39 is 18.6 Å². The van der Waals surface area contributed by atoms with Crippen LogP contribution >= 0.6 is 0 Å². The number of anilines is 1. The zero-order valence-corrected chi connectivity index (χ0v) is 8.13. The Labute approximate surface area is 83.6 Å². The van der Waals surface area contributed by atoms with Gasteiger partial charge in [-0.25, -0.2) is 0 Å². The van der Waals surface area contributed by atoms with Crippen LogP contribution in [-0.2, 0) is 4.79 Å². The van der Waals surface area contributed by atoms with Gasteiger partial charge in [-0.05, 0) is 6.92 Å². The average Bonchev–Trinajstić information content (AvgIpc) is 2.45. The lowest BCUT2D eigenvalue weighted by Crippen LogP contribution is -2.37. The smallest absolute Gasteiger partial charge is 0.359 e. The highest BCUT2D eigenvalue weighted by atomic mass is 19.4. The summed E-state index contributed by atoms with van der Waals surface area (Å²) < 4.78 is 41.0. The molecule has 0 unspecified atom stereocenters. The summed E-state index contributed by atoms with van der Waals surface area (Å²) >= 11 is 0. The largest absolute Gasteiger partial charge is 0.406 e. The molecule has 7 heteroatoms. The van der Waals surface area contributed by atoms with E-state index in [9.17, 15) is 18.0 Å². The van der Waals surface area contributed by atoms with E-state index in [0.717, 1.165) is 13.1 Å². The summed E-state index contributed by atoms with van der Waals surface area (Å²) in [4.78, 5) is 11.6. The third-order valence-electron chi connectivity index (χ3n) is 1.73. The highest BCUT2D eigenvalue weighted by Gasteiger charge is 2.33. The maximum absolute atomic E-state index is 12.1. The lowest BCUT2D eigenvalue weighted by molar-refractivity contribution is -0.131. The normalized spacial score (nSPS) is 11.5. The highest BCUT2D eigenvalue weighted by Crippen LogP contribution is 2.24. The summed E-state index contributed by atoms with van der Waals surface area (Å²) in [6.45, 7) is 1.15. The molecule has 0 spiro atoms. The maximum atomic E-state index is 12.1. The third-order valence-corrected chi connectivity index (χ3v) is 1.73. The molecule has 1 aromatic rings.